The first-order valence-corrected chi connectivity index (χ1v) is 18.8. The number of ether oxygens (including phenoxy) is 1. The average Bonchev–Trinajstić information content (AvgIpc) is 3.20. The Morgan fingerprint density at radius 2 is 1.10 bits per heavy atom. The molecule has 1 aliphatic rings. The standard InChI is InChI=1S/C47H34OS.C2H6/c1-3-12-31-13-4-5-14-35(31)30(2)32-21-24-36(34-23-26-45-47(29-34)49-46-20-11-10-19-44(46)48-45)42(27-32)33-22-25-41-39-17-7-6-15-37(39)38-16-8-9-18-40(38)43(41)28-33;1-2/h3-30H,1-2H3;1-2H3/b12-3-;. The fourth-order valence-electron chi connectivity index (χ4n) is 7.51. The zero-order valence-electron chi connectivity index (χ0n) is 29.5. The third-order valence-electron chi connectivity index (χ3n) is 9.95. The number of allylic oxidation sites excluding steroid dienone is 1. The molecule has 0 saturated carbocycles. The summed E-state index contributed by atoms with van der Waals surface area (Å²) < 4.78 is 6.31. The molecule has 1 unspecified atom stereocenters. The second-order valence-corrected chi connectivity index (χ2v) is 13.9. The highest BCUT2D eigenvalue weighted by molar-refractivity contribution is 7.99. The number of fused-ring (bicyclic) bond motifs is 8. The van der Waals surface area contributed by atoms with Gasteiger partial charge in [0.1, 0.15) is 11.5 Å². The summed E-state index contributed by atoms with van der Waals surface area (Å²) in [5.41, 5.74) is 8.73. The minimum absolute atomic E-state index is 0.217. The quantitative estimate of drug-likeness (QED) is 0.168. The third kappa shape index (κ3) is 5.90. The molecule has 0 N–H and O–H groups in total. The smallest absolute Gasteiger partial charge is 0.141 e. The van der Waals surface area contributed by atoms with E-state index < -0.39 is 0 Å². The van der Waals surface area contributed by atoms with Crippen LogP contribution in [0.5, 0.6) is 11.5 Å². The monoisotopic (exact) mass is 676 g/mol. The summed E-state index contributed by atoms with van der Waals surface area (Å²) in [7, 11) is 0. The molecule has 51 heavy (non-hydrogen) atoms. The van der Waals surface area contributed by atoms with Crippen LogP contribution in [0.4, 0.5) is 0 Å². The lowest BCUT2D eigenvalue weighted by Gasteiger charge is -2.22. The van der Waals surface area contributed by atoms with Crippen molar-refractivity contribution in [3.63, 3.8) is 0 Å². The number of benzene rings is 8. The Morgan fingerprint density at radius 3 is 1.84 bits per heavy atom. The van der Waals surface area contributed by atoms with Crippen LogP contribution in [0.15, 0.2) is 168 Å². The summed E-state index contributed by atoms with van der Waals surface area (Å²) in [6.07, 6.45) is 4.34. The lowest BCUT2D eigenvalue weighted by Crippen LogP contribution is -2.00. The highest BCUT2D eigenvalue weighted by Gasteiger charge is 2.21. The average molecular weight is 677 g/mol. The highest BCUT2D eigenvalue weighted by Crippen LogP contribution is 2.49. The largest absolute Gasteiger partial charge is 0.455 e. The van der Waals surface area contributed by atoms with E-state index in [2.05, 4.69) is 166 Å². The minimum Gasteiger partial charge on any atom is -0.455 e. The summed E-state index contributed by atoms with van der Waals surface area (Å²) >= 11 is 1.78. The molecule has 1 aliphatic heterocycles. The van der Waals surface area contributed by atoms with Gasteiger partial charge in [-0.05, 0) is 115 Å². The summed E-state index contributed by atoms with van der Waals surface area (Å²) in [5.74, 6) is 2.04. The van der Waals surface area contributed by atoms with Gasteiger partial charge in [0.2, 0.25) is 0 Å². The lowest BCUT2D eigenvalue weighted by molar-refractivity contribution is 0.454. The van der Waals surface area contributed by atoms with E-state index in [-0.39, 0.29) is 5.92 Å². The molecule has 0 bridgehead atoms. The lowest BCUT2D eigenvalue weighted by atomic mass is 9.84. The Balaban J connectivity index is 0.00000184. The van der Waals surface area contributed by atoms with Crippen LogP contribution in [0.25, 0.3) is 60.6 Å². The number of para-hydroxylation sites is 1. The van der Waals surface area contributed by atoms with Gasteiger partial charge < -0.3 is 4.74 Å². The van der Waals surface area contributed by atoms with Crippen LogP contribution in [0.2, 0.25) is 0 Å². The van der Waals surface area contributed by atoms with Crippen LogP contribution >= 0.6 is 11.8 Å². The molecule has 8 aromatic rings. The van der Waals surface area contributed by atoms with Gasteiger partial charge in [-0.25, -0.2) is 0 Å². The number of hydrogen-bond donors (Lipinski definition) is 0. The van der Waals surface area contributed by atoms with E-state index in [1.165, 1.54) is 71.3 Å². The van der Waals surface area contributed by atoms with Crippen molar-refractivity contribution in [2.75, 3.05) is 0 Å². The predicted octanol–water partition coefficient (Wildman–Crippen LogP) is 14.9. The second kappa shape index (κ2) is 14.0. The molecule has 2 heteroatoms. The van der Waals surface area contributed by atoms with E-state index in [0.29, 0.717) is 0 Å². The van der Waals surface area contributed by atoms with E-state index in [1.54, 1.807) is 11.8 Å². The molecule has 1 heterocycles. The van der Waals surface area contributed by atoms with Crippen LogP contribution in [0, 0.1) is 0 Å². The molecular weight excluding hydrogens is 637 g/mol. The van der Waals surface area contributed by atoms with Crippen molar-refractivity contribution in [1.29, 1.82) is 0 Å². The van der Waals surface area contributed by atoms with Crippen LogP contribution in [-0.4, -0.2) is 0 Å². The van der Waals surface area contributed by atoms with E-state index in [4.69, 9.17) is 4.74 Å². The van der Waals surface area contributed by atoms with E-state index in [0.717, 1.165) is 21.3 Å². The zero-order chi connectivity index (χ0) is 34.9. The molecule has 0 aliphatic carbocycles. The molecule has 248 valence electrons. The third-order valence-corrected chi connectivity index (χ3v) is 11.0. The first kappa shape index (κ1) is 32.6. The summed E-state index contributed by atoms with van der Waals surface area (Å²) in [6, 6.07) is 55.4. The van der Waals surface area contributed by atoms with E-state index in [1.807, 2.05) is 26.0 Å². The van der Waals surface area contributed by atoms with Gasteiger partial charge in [-0.15, -0.1) is 0 Å². The molecule has 0 saturated heterocycles. The molecule has 8 aromatic carbocycles. The van der Waals surface area contributed by atoms with Crippen molar-refractivity contribution in [2.45, 2.75) is 43.4 Å². The maximum absolute atomic E-state index is 6.31. The van der Waals surface area contributed by atoms with Gasteiger partial charge in [-0.3, -0.25) is 0 Å². The first-order chi connectivity index (χ1) is 25.2. The maximum Gasteiger partial charge on any atom is 0.141 e. The molecule has 0 amide bonds. The van der Waals surface area contributed by atoms with Gasteiger partial charge in [0.15, 0.2) is 0 Å². The fourth-order valence-corrected chi connectivity index (χ4v) is 8.50. The topological polar surface area (TPSA) is 9.23 Å². The van der Waals surface area contributed by atoms with Gasteiger partial charge in [0, 0.05) is 5.92 Å². The minimum atomic E-state index is 0.217. The van der Waals surface area contributed by atoms with Crippen molar-refractivity contribution < 1.29 is 4.74 Å². The Kier molecular flexibility index (Phi) is 8.94. The first-order valence-electron chi connectivity index (χ1n) is 17.9. The summed E-state index contributed by atoms with van der Waals surface area (Å²) in [4.78, 5) is 2.28. The Bertz CT molecular complexity index is 2560. The van der Waals surface area contributed by atoms with Gasteiger partial charge in [-0.1, -0.05) is 160 Å². The van der Waals surface area contributed by atoms with Crippen LogP contribution in [0.3, 0.4) is 0 Å². The summed E-state index contributed by atoms with van der Waals surface area (Å²) in [6.45, 7) is 8.41. The van der Waals surface area contributed by atoms with Crippen molar-refractivity contribution in [3.8, 4) is 33.8 Å². The highest BCUT2D eigenvalue weighted by atomic mass is 32.2. The Labute approximate surface area is 305 Å². The fraction of sp³-hybridized carbons (Fsp3) is 0.102. The van der Waals surface area contributed by atoms with Gasteiger partial charge >= 0.3 is 0 Å². The molecule has 1 nitrogen and oxygen atoms in total. The molecular formula is C49H40OS. The van der Waals surface area contributed by atoms with Crippen molar-refractivity contribution >= 4 is 50.2 Å². The summed E-state index contributed by atoms with van der Waals surface area (Å²) in [5, 5.41) is 7.72. The van der Waals surface area contributed by atoms with E-state index in [9.17, 15) is 0 Å². The van der Waals surface area contributed by atoms with Gasteiger partial charge in [0.25, 0.3) is 0 Å². The van der Waals surface area contributed by atoms with Crippen molar-refractivity contribution in [3.05, 3.63) is 174 Å². The van der Waals surface area contributed by atoms with E-state index >= 15 is 0 Å². The Hall–Kier alpha value is -5.57. The van der Waals surface area contributed by atoms with Gasteiger partial charge in [0.05, 0.1) is 9.79 Å². The maximum atomic E-state index is 6.31. The molecule has 9 rings (SSSR count). The molecule has 0 spiro atoms. The van der Waals surface area contributed by atoms with Crippen LogP contribution in [0.1, 0.15) is 50.3 Å². The number of hydrogen-bond acceptors (Lipinski definition) is 2. The molecule has 0 aromatic heterocycles. The SMILES string of the molecule is C/C=C\c1ccccc1C(C)c1ccc(-c2ccc3c(c2)Sc2ccccc2O3)c(-c2ccc3c4ccccc4c4ccccc4c3c2)c1.CC. The molecule has 1 atom stereocenters. The van der Waals surface area contributed by atoms with Crippen molar-refractivity contribution in [2.24, 2.45) is 0 Å². The van der Waals surface area contributed by atoms with Crippen LogP contribution < -0.4 is 4.74 Å². The zero-order valence-corrected chi connectivity index (χ0v) is 30.3. The predicted molar refractivity (Wildman–Crippen MR) is 220 cm³/mol. The second-order valence-electron chi connectivity index (χ2n) is 12.8. The Morgan fingerprint density at radius 1 is 0.510 bits per heavy atom. The van der Waals surface area contributed by atoms with Gasteiger partial charge in [-0.2, -0.15) is 0 Å². The molecule has 0 radical (unpaired) electrons. The molecule has 0 fully saturated rings. The van der Waals surface area contributed by atoms with Crippen LogP contribution in [-0.2, 0) is 0 Å². The number of rotatable bonds is 5. The normalized spacial score (nSPS) is 12.6. The van der Waals surface area contributed by atoms with Crippen molar-refractivity contribution in [1.82, 2.24) is 0 Å².